The van der Waals surface area contributed by atoms with Crippen molar-refractivity contribution in [2.75, 3.05) is 14.2 Å². The van der Waals surface area contributed by atoms with Gasteiger partial charge in [0, 0.05) is 12.1 Å². The summed E-state index contributed by atoms with van der Waals surface area (Å²) < 4.78 is 10.2. The van der Waals surface area contributed by atoms with Crippen LogP contribution in [0.1, 0.15) is 5.56 Å². The predicted octanol–water partition coefficient (Wildman–Crippen LogP) is 1.62. The highest BCUT2D eigenvalue weighted by atomic mass is 16.5. The lowest BCUT2D eigenvalue weighted by Gasteiger charge is -2.06. The molecule has 1 aromatic carbocycles. The van der Waals surface area contributed by atoms with Gasteiger partial charge in [-0.05, 0) is 5.56 Å². The fourth-order valence-corrected chi connectivity index (χ4v) is 1.53. The van der Waals surface area contributed by atoms with Crippen LogP contribution in [0.3, 0.4) is 0 Å². The molecule has 2 aromatic rings. The van der Waals surface area contributed by atoms with Gasteiger partial charge >= 0.3 is 0 Å². The van der Waals surface area contributed by atoms with E-state index in [-0.39, 0.29) is 0 Å². The summed E-state index contributed by atoms with van der Waals surface area (Å²) in [5, 5.41) is 0. The third-order valence-corrected chi connectivity index (χ3v) is 2.55. The van der Waals surface area contributed by atoms with E-state index in [2.05, 4.69) is 9.97 Å². The average molecular weight is 245 g/mol. The Balaban J connectivity index is 2.41. The van der Waals surface area contributed by atoms with E-state index in [9.17, 15) is 0 Å². The molecule has 0 aliphatic carbocycles. The molecule has 2 rings (SSSR count). The Morgan fingerprint density at radius 3 is 2.00 bits per heavy atom. The van der Waals surface area contributed by atoms with Crippen molar-refractivity contribution in [1.29, 1.82) is 0 Å². The molecule has 0 fully saturated rings. The van der Waals surface area contributed by atoms with Gasteiger partial charge in [0.15, 0.2) is 5.82 Å². The fraction of sp³-hybridized carbons (Fsp3) is 0.231. The third-order valence-electron chi connectivity index (χ3n) is 2.55. The van der Waals surface area contributed by atoms with Crippen molar-refractivity contribution in [3.05, 3.63) is 35.9 Å². The van der Waals surface area contributed by atoms with E-state index in [1.807, 2.05) is 24.3 Å². The highest BCUT2D eigenvalue weighted by molar-refractivity contribution is 5.56. The minimum Gasteiger partial charge on any atom is -0.481 e. The third kappa shape index (κ3) is 2.57. The van der Waals surface area contributed by atoms with E-state index in [4.69, 9.17) is 15.2 Å². The standard InChI is InChI=1S/C13H15N3O2/c1-17-11-7-12(18-2)16-13(15-11)10-5-3-9(8-14)4-6-10/h3-7H,8,14H2,1-2H3. The van der Waals surface area contributed by atoms with E-state index in [0.717, 1.165) is 11.1 Å². The van der Waals surface area contributed by atoms with Gasteiger partial charge in [0.05, 0.1) is 20.3 Å². The molecule has 0 atom stereocenters. The molecule has 0 saturated heterocycles. The normalized spacial score (nSPS) is 10.2. The van der Waals surface area contributed by atoms with Crippen molar-refractivity contribution in [2.45, 2.75) is 6.54 Å². The van der Waals surface area contributed by atoms with Crippen molar-refractivity contribution >= 4 is 0 Å². The van der Waals surface area contributed by atoms with E-state index >= 15 is 0 Å². The van der Waals surface area contributed by atoms with Crippen LogP contribution in [0.25, 0.3) is 11.4 Å². The van der Waals surface area contributed by atoms with Crippen LogP contribution >= 0.6 is 0 Å². The fourth-order valence-electron chi connectivity index (χ4n) is 1.53. The molecule has 0 amide bonds. The molecule has 1 heterocycles. The summed E-state index contributed by atoms with van der Waals surface area (Å²) >= 11 is 0. The number of hydrogen-bond acceptors (Lipinski definition) is 5. The lowest BCUT2D eigenvalue weighted by atomic mass is 10.1. The molecule has 0 bridgehead atoms. The average Bonchev–Trinajstić information content (AvgIpc) is 2.46. The highest BCUT2D eigenvalue weighted by Gasteiger charge is 2.07. The van der Waals surface area contributed by atoms with Crippen LogP contribution in [0.4, 0.5) is 0 Å². The van der Waals surface area contributed by atoms with Crippen LogP contribution in [0.5, 0.6) is 11.8 Å². The Kier molecular flexibility index (Phi) is 3.74. The maximum atomic E-state index is 5.56. The van der Waals surface area contributed by atoms with Crippen molar-refractivity contribution in [1.82, 2.24) is 9.97 Å². The van der Waals surface area contributed by atoms with Crippen LogP contribution < -0.4 is 15.2 Å². The first-order chi connectivity index (χ1) is 8.76. The summed E-state index contributed by atoms with van der Waals surface area (Å²) in [6.45, 7) is 0.516. The Morgan fingerprint density at radius 1 is 1.00 bits per heavy atom. The lowest BCUT2D eigenvalue weighted by molar-refractivity contribution is 0.372. The summed E-state index contributed by atoms with van der Waals surface area (Å²) in [6, 6.07) is 9.39. The molecule has 94 valence electrons. The van der Waals surface area contributed by atoms with E-state index in [1.165, 1.54) is 0 Å². The zero-order valence-corrected chi connectivity index (χ0v) is 10.4. The first kappa shape index (κ1) is 12.3. The van der Waals surface area contributed by atoms with E-state index in [1.54, 1.807) is 20.3 Å². The van der Waals surface area contributed by atoms with Gasteiger partial charge in [0.2, 0.25) is 11.8 Å². The van der Waals surface area contributed by atoms with Crippen molar-refractivity contribution in [3.8, 4) is 23.1 Å². The molecule has 0 saturated carbocycles. The number of ether oxygens (including phenoxy) is 2. The second-order valence-corrected chi connectivity index (χ2v) is 3.68. The van der Waals surface area contributed by atoms with Crippen molar-refractivity contribution in [3.63, 3.8) is 0 Å². The largest absolute Gasteiger partial charge is 0.481 e. The summed E-state index contributed by atoms with van der Waals surface area (Å²) in [7, 11) is 3.12. The maximum absolute atomic E-state index is 5.56. The first-order valence-electron chi connectivity index (χ1n) is 5.53. The lowest BCUT2D eigenvalue weighted by Crippen LogP contribution is -1.98. The van der Waals surface area contributed by atoms with Crippen molar-refractivity contribution < 1.29 is 9.47 Å². The molecule has 1 aromatic heterocycles. The summed E-state index contributed by atoms with van der Waals surface area (Å²) in [4.78, 5) is 8.56. The summed E-state index contributed by atoms with van der Waals surface area (Å²) in [6.07, 6.45) is 0. The number of nitrogens with zero attached hydrogens (tertiary/aromatic N) is 2. The number of hydrogen-bond donors (Lipinski definition) is 1. The van der Waals surface area contributed by atoms with Gasteiger partial charge in [-0.1, -0.05) is 24.3 Å². The predicted molar refractivity (Wildman–Crippen MR) is 68.5 cm³/mol. The molecule has 2 N–H and O–H groups in total. The van der Waals surface area contributed by atoms with Gasteiger partial charge in [-0.2, -0.15) is 9.97 Å². The first-order valence-corrected chi connectivity index (χ1v) is 5.53. The maximum Gasteiger partial charge on any atom is 0.220 e. The summed E-state index contributed by atoms with van der Waals surface area (Å²) in [5.74, 6) is 1.51. The number of aromatic nitrogens is 2. The topological polar surface area (TPSA) is 70.3 Å². The Labute approximate surface area is 106 Å². The van der Waals surface area contributed by atoms with Crippen LogP contribution in [0.2, 0.25) is 0 Å². The van der Waals surface area contributed by atoms with Gasteiger partial charge in [0.1, 0.15) is 0 Å². The van der Waals surface area contributed by atoms with Gasteiger partial charge in [0.25, 0.3) is 0 Å². The van der Waals surface area contributed by atoms with E-state index in [0.29, 0.717) is 24.1 Å². The second-order valence-electron chi connectivity index (χ2n) is 3.68. The minimum atomic E-state index is 0.472. The molecule has 0 aliphatic heterocycles. The zero-order chi connectivity index (χ0) is 13.0. The second kappa shape index (κ2) is 5.46. The van der Waals surface area contributed by atoms with Gasteiger partial charge < -0.3 is 15.2 Å². The van der Waals surface area contributed by atoms with Gasteiger partial charge in [-0.15, -0.1) is 0 Å². The smallest absolute Gasteiger partial charge is 0.220 e. The quantitative estimate of drug-likeness (QED) is 0.886. The molecule has 0 spiro atoms. The molecule has 0 radical (unpaired) electrons. The number of methoxy groups -OCH3 is 2. The highest BCUT2D eigenvalue weighted by Crippen LogP contribution is 2.22. The minimum absolute atomic E-state index is 0.472. The molecule has 18 heavy (non-hydrogen) atoms. The van der Waals surface area contributed by atoms with Gasteiger partial charge in [-0.25, -0.2) is 0 Å². The van der Waals surface area contributed by atoms with Crippen LogP contribution in [0, 0.1) is 0 Å². The van der Waals surface area contributed by atoms with Crippen LogP contribution in [-0.4, -0.2) is 24.2 Å². The molecule has 5 nitrogen and oxygen atoms in total. The SMILES string of the molecule is COc1cc(OC)nc(-c2ccc(CN)cc2)n1. The van der Waals surface area contributed by atoms with Gasteiger partial charge in [-0.3, -0.25) is 0 Å². The Hall–Kier alpha value is -2.14. The zero-order valence-electron chi connectivity index (χ0n) is 10.4. The van der Waals surface area contributed by atoms with E-state index < -0.39 is 0 Å². The number of benzene rings is 1. The number of rotatable bonds is 4. The Bertz CT molecular complexity index is 504. The van der Waals surface area contributed by atoms with Crippen LogP contribution in [-0.2, 0) is 6.54 Å². The summed E-state index contributed by atoms with van der Waals surface area (Å²) in [5.41, 5.74) is 7.52. The van der Waals surface area contributed by atoms with Crippen LogP contribution in [0.15, 0.2) is 30.3 Å². The van der Waals surface area contributed by atoms with Crippen molar-refractivity contribution in [2.24, 2.45) is 5.73 Å². The molecular weight excluding hydrogens is 230 g/mol. The number of nitrogens with two attached hydrogens (primary N) is 1. The molecule has 5 heteroatoms. The molecular formula is C13H15N3O2. The molecule has 0 unspecified atom stereocenters. The molecule has 0 aliphatic rings. The Morgan fingerprint density at radius 2 is 1.56 bits per heavy atom. The monoisotopic (exact) mass is 245 g/mol.